The number of ether oxygens (including phenoxy) is 3. The molecule has 0 aromatic heterocycles. The van der Waals surface area contributed by atoms with Gasteiger partial charge < -0.3 is 14.2 Å². The maximum absolute atomic E-state index is 14.1. The lowest BCUT2D eigenvalue weighted by Gasteiger charge is -2.35. The number of halogens is 3. The number of methoxy groups -OCH3 is 2. The van der Waals surface area contributed by atoms with Crippen molar-refractivity contribution >= 4 is 23.6 Å². The van der Waals surface area contributed by atoms with Crippen LogP contribution >= 0.6 is 0 Å². The Morgan fingerprint density at radius 1 is 0.842 bits per heavy atom. The van der Waals surface area contributed by atoms with Gasteiger partial charge in [-0.3, -0.25) is 0 Å². The summed E-state index contributed by atoms with van der Waals surface area (Å²) in [5, 5.41) is 1.74. The average Bonchev–Trinajstić information content (AvgIpc) is 3.30. The SMILES string of the molecule is COC(=O)C1=C2C=c3ccccc3=C2C=CC1(C(=O)Oc1ccc(C(F)(F)F)cc1)c1ccccc1OC. The van der Waals surface area contributed by atoms with Crippen LogP contribution in [0.4, 0.5) is 13.2 Å². The van der Waals surface area contributed by atoms with E-state index in [2.05, 4.69) is 0 Å². The third-order valence-corrected chi connectivity index (χ3v) is 6.64. The van der Waals surface area contributed by atoms with Gasteiger partial charge in [-0.2, -0.15) is 13.2 Å². The van der Waals surface area contributed by atoms with Gasteiger partial charge in [0.05, 0.1) is 25.4 Å². The minimum absolute atomic E-state index is 0.00936. The van der Waals surface area contributed by atoms with Gasteiger partial charge in [0.2, 0.25) is 0 Å². The molecule has 5 nitrogen and oxygen atoms in total. The number of carbonyl (C=O) groups is 2. The summed E-state index contributed by atoms with van der Waals surface area (Å²) in [4.78, 5) is 27.6. The lowest BCUT2D eigenvalue weighted by molar-refractivity contribution is -0.143. The molecule has 8 heteroatoms. The van der Waals surface area contributed by atoms with Crippen LogP contribution in [0.15, 0.2) is 96.1 Å². The molecule has 1 atom stereocenters. The van der Waals surface area contributed by atoms with Gasteiger partial charge in [-0.1, -0.05) is 54.6 Å². The van der Waals surface area contributed by atoms with Crippen molar-refractivity contribution in [3.8, 4) is 11.5 Å². The quantitative estimate of drug-likeness (QED) is 0.374. The van der Waals surface area contributed by atoms with E-state index >= 15 is 0 Å². The first-order valence-electron chi connectivity index (χ1n) is 11.6. The number of esters is 2. The van der Waals surface area contributed by atoms with Crippen molar-refractivity contribution in [2.24, 2.45) is 0 Å². The molecule has 0 radical (unpaired) electrons. The summed E-state index contributed by atoms with van der Waals surface area (Å²) in [7, 11) is 2.64. The molecule has 1 unspecified atom stereocenters. The summed E-state index contributed by atoms with van der Waals surface area (Å²) < 4.78 is 55.6. The summed E-state index contributed by atoms with van der Waals surface area (Å²) in [5.41, 5.74) is -1.18. The van der Waals surface area contributed by atoms with E-state index < -0.39 is 29.1 Å². The van der Waals surface area contributed by atoms with E-state index in [1.807, 2.05) is 24.3 Å². The van der Waals surface area contributed by atoms with E-state index in [1.54, 1.807) is 42.5 Å². The van der Waals surface area contributed by atoms with Crippen LogP contribution in [-0.2, 0) is 25.9 Å². The molecule has 0 bridgehead atoms. The second-order valence-corrected chi connectivity index (χ2v) is 8.68. The maximum atomic E-state index is 14.1. The van der Waals surface area contributed by atoms with Gasteiger partial charge in [-0.05, 0) is 58.0 Å². The Balaban J connectivity index is 1.75. The van der Waals surface area contributed by atoms with Crippen molar-refractivity contribution in [3.05, 3.63) is 118 Å². The van der Waals surface area contributed by atoms with Crippen LogP contribution in [0.5, 0.6) is 11.5 Å². The molecule has 3 aromatic carbocycles. The standard InChI is InChI=1S/C30H21F3O5/c1-36-25-10-6-5-9-24(25)29(28(35)38-20-13-11-19(12-14-20)30(31,32)33)16-15-22-21-8-4-3-7-18(21)17-23(22)26(29)27(34)37-2/h3-17H,1-2H3. The minimum Gasteiger partial charge on any atom is -0.496 e. The number of hydrogen-bond donors (Lipinski definition) is 0. The molecule has 3 aromatic rings. The maximum Gasteiger partial charge on any atom is 0.416 e. The van der Waals surface area contributed by atoms with Crippen LogP contribution in [0.25, 0.3) is 11.6 Å². The molecule has 0 aliphatic heterocycles. The number of benzene rings is 3. The van der Waals surface area contributed by atoms with Gasteiger partial charge in [-0.25, -0.2) is 9.59 Å². The highest BCUT2D eigenvalue weighted by atomic mass is 19.4. The molecular weight excluding hydrogens is 497 g/mol. The first-order chi connectivity index (χ1) is 18.2. The number of rotatable bonds is 5. The molecular formula is C30H21F3O5. The molecule has 0 saturated carbocycles. The third kappa shape index (κ3) is 3.98. The number of allylic oxidation sites excluding steroid dienone is 2. The number of carbonyl (C=O) groups excluding carboxylic acids is 2. The molecule has 2 aliphatic carbocycles. The predicted octanol–water partition coefficient (Wildman–Crippen LogP) is 4.24. The van der Waals surface area contributed by atoms with Crippen LogP contribution in [-0.4, -0.2) is 26.2 Å². The van der Waals surface area contributed by atoms with E-state index in [1.165, 1.54) is 14.2 Å². The number of hydrogen-bond acceptors (Lipinski definition) is 5. The molecule has 2 aliphatic rings. The zero-order valence-electron chi connectivity index (χ0n) is 20.3. The van der Waals surface area contributed by atoms with Gasteiger partial charge in [0.1, 0.15) is 16.9 Å². The van der Waals surface area contributed by atoms with E-state index in [9.17, 15) is 22.8 Å². The smallest absolute Gasteiger partial charge is 0.416 e. The number of fused-ring (bicyclic) bond motifs is 2. The topological polar surface area (TPSA) is 61.8 Å². The first kappa shape index (κ1) is 25.1. The highest BCUT2D eigenvalue weighted by Gasteiger charge is 2.52. The largest absolute Gasteiger partial charge is 0.496 e. The average molecular weight is 518 g/mol. The van der Waals surface area contributed by atoms with Crippen LogP contribution in [0.3, 0.4) is 0 Å². The van der Waals surface area contributed by atoms with Gasteiger partial charge in [0, 0.05) is 5.56 Å². The van der Waals surface area contributed by atoms with Gasteiger partial charge in [0.15, 0.2) is 0 Å². The van der Waals surface area contributed by atoms with Crippen molar-refractivity contribution in [2.45, 2.75) is 11.6 Å². The Morgan fingerprint density at radius 2 is 1.53 bits per heavy atom. The zero-order chi connectivity index (χ0) is 27.1. The van der Waals surface area contributed by atoms with Gasteiger partial charge in [-0.15, -0.1) is 0 Å². The van der Waals surface area contributed by atoms with Crippen molar-refractivity contribution in [3.63, 3.8) is 0 Å². The predicted molar refractivity (Wildman–Crippen MR) is 133 cm³/mol. The Kier molecular flexibility index (Phi) is 6.18. The Bertz CT molecular complexity index is 1630. The van der Waals surface area contributed by atoms with Crippen LogP contribution in [0, 0.1) is 0 Å². The third-order valence-electron chi connectivity index (χ3n) is 6.64. The first-order valence-corrected chi connectivity index (χ1v) is 11.6. The molecule has 0 saturated heterocycles. The van der Waals surface area contributed by atoms with Crippen LogP contribution < -0.4 is 19.9 Å². The molecule has 5 rings (SSSR count). The molecule has 0 heterocycles. The lowest BCUT2D eigenvalue weighted by atomic mass is 9.68. The van der Waals surface area contributed by atoms with E-state index in [-0.39, 0.29) is 11.3 Å². The zero-order valence-corrected chi connectivity index (χ0v) is 20.3. The molecule has 0 spiro atoms. The van der Waals surface area contributed by atoms with Crippen LogP contribution in [0.2, 0.25) is 0 Å². The van der Waals surface area contributed by atoms with E-state index in [4.69, 9.17) is 14.2 Å². The normalized spacial score (nSPS) is 17.9. The number of para-hydroxylation sites is 1. The fourth-order valence-corrected chi connectivity index (χ4v) is 4.88. The fourth-order valence-electron chi connectivity index (χ4n) is 4.88. The summed E-state index contributed by atoms with van der Waals surface area (Å²) >= 11 is 0. The second-order valence-electron chi connectivity index (χ2n) is 8.68. The Labute approximate surface area is 215 Å². The van der Waals surface area contributed by atoms with Gasteiger partial charge in [0.25, 0.3) is 0 Å². The summed E-state index contributed by atoms with van der Waals surface area (Å²) in [6.45, 7) is 0. The fraction of sp³-hybridized carbons (Fsp3) is 0.133. The number of alkyl halides is 3. The monoisotopic (exact) mass is 518 g/mol. The van der Waals surface area contributed by atoms with Crippen molar-refractivity contribution in [1.29, 1.82) is 0 Å². The van der Waals surface area contributed by atoms with Crippen molar-refractivity contribution < 1.29 is 37.0 Å². The highest BCUT2D eigenvalue weighted by Crippen LogP contribution is 2.47. The van der Waals surface area contributed by atoms with E-state index in [0.717, 1.165) is 40.3 Å². The lowest BCUT2D eigenvalue weighted by Crippen LogP contribution is -2.44. The minimum atomic E-state index is -4.55. The van der Waals surface area contributed by atoms with Gasteiger partial charge >= 0.3 is 18.1 Å². The highest BCUT2D eigenvalue weighted by molar-refractivity contribution is 6.12. The molecule has 38 heavy (non-hydrogen) atoms. The molecule has 0 fully saturated rings. The summed E-state index contributed by atoms with van der Waals surface area (Å²) in [5.74, 6) is -1.48. The van der Waals surface area contributed by atoms with E-state index in [0.29, 0.717) is 16.9 Å². The summed E-state index contributed by atoms with van der Waals surface area (Å²) in [6.07, 6.45) is 0.550. The molecule has 0 amide bonds. The van der Waals surface area contributed by atoms with Crippen molar-refractivity contribution in [1.82, 2.24) is 0 Å². The Hall–Kier alpha value is -4.59. The van der Waals surface area contributed by atoms with Crippen molar-refractivity contribution in [2.75, 3.05) is 14.2 Å². The molecule has 192 valence electrons. The van der Waals surface area contributed by atoms with Crippen LogP contribution in [0.1, 0.15) is 11.1 Å². The Morgan fingerprint density at radius 3 is 2.21 bits per heavy atom. The molecule has 0 N–H and O–H groups in total. The second kappa shape index (κ2) is 9.37. The summed E-state index contributed by atoms with van der Waals surface area (Å²) in [6, 6.07) is 18.0.